The van der Waals surface area contributed by atoms with Crippen LogP contribution < -0.4 is 4.84 Å². The number of aromatic nitrogens is 2. The van der Waals surface area contributed by atoms with Crippen molar-refractivity contribution < 1.29 is 28.4 Å². The number of hydrogen-bond acceptors (Lipinski definition) is 10. The normalized spacial score (nSPS) is 12.4. The Morgan fingerprint density at radius 1 is 0.935 bits per heavy atom. The SMILES string of the molecule is CO/N=C(/C(C)=N/Oc1nc(C)nc(C)c1/C(=N\OC)C(=O)OC)c1ccc(F)cc1. The molecule has 0 saturated heterocycles. The lowest BCUT2D eigenvalue weighted by atomic mass is 10.1. The van der Waals surface area contributed by atoms with Crippen molar-refractivity contribution in [3.63, 3.8) is 0 Å². The summed E-state index contributed by atoms with van der Waals surface area (Å²) in [7, 11) is 3.86. The molecule has 0 unspecified atom stereocenters. The minimum Gasteiger partial charge on any atom is -0.464 e. The number of carbonyl (C=O) groups excluding carboxylic acids is 1. The Hall–Kier alpha value is -3.89. The van der Waals surface area contributed by atoms with E-state index in [1.807, 2.05) is 0 Å². The predicted molar refractivity (Wildman–Crippen MR) is 111 cm³/mol. The number of halogens is 1. The molecule has 1 aromatic heterocycles. The van der Waals surface area contributed by atoms with Gasteiger partial charge in [-0.3, -0.25) is 0 Å². The fourth-order valence-electron chi connectivity index (χ4n) is 2.57. The summed E-state index contributed by atoms with van der Waals surface area (Å²) >= 11 is 0. The highest BCUT2D eigenvalue weighted by Gasteiger charge is 2.26. The Bertz CT molecular complexity index is 1040. The zero-order valence-corrected chi connectivity index (χ0v) is 18.0. The lowest BCUT2D eigenvalue weighted by molar-refractivity contribution is -0.132. The number of aryl methyl sites for hydroxylation is 2. The quantitative estimate of drug-likeness (QED) is 0.358. The molecule has 0 radical (unpaired) electrons. The van der Waals surface area contributed by atoms with Crippen molar-refractivity contribution in [3.8, 4) is 5.88 Å². The van der Waals surface area contributed by atoms with E-state index in [1.165, 1.54) is 45.6 Å². The van der Waals surface area contributed by atoms with E-state index >= 15 is 0 Å². The van der Waals surface area contributed by atoms with E-state index in [-0.39, 0.29) is 17.2 Å². The van der Waals surface area contributed by atoms with Gasteiger partial charge >= 0.3 is 5.97 Å². The van der Waals surface area contributed by atoms with Gasteiger partial charge in [0.2, 0.25) is 5.71 Å². The standard InChI is InChI=1S/C20H22FN5O5/c1-11-16(18(26-30-6)20(27)28-4)19(23-13(3)22-11)31-24-12(2)17(25-29-5)14-7-9-15(21)10-8-14/h7-10H,1-6H3/b24-12+,25-17-,26-18+. The minimum atomic E-state index is -0.768. The summed E-state index contributed by atoms with van der Waals surface area (Å²) in [5.41, 5.74) is 1.54. The summed E-state index contributed by atoms with van der Waals surface area (Å²) < 4.78 is 18.0. The fourth-order valence-corrected chi connectivity index (χ4v) is 2.57. The maximum absolute atomic E-state index is 13.3. The molecule has 0 saturated carbocycles. The van der Waals surface area contributed by atoms with Gasteiger partial charge in [-0.2, -0.15) is 4.98 Å². The van der Waals surface area contributed by atoms with Crippen LogP contribution in [0.25, 0.3) is 0 Å². The number of rotatable bonds is 8. The van der Waals surface area contributed by atoms with E-state index in [0.717, 1.165) is 0 Å². The van der Waals surface area contributed by atoms with Crippen molar-refractivity contribution in [2.45, 2.75) is 20.8 Å². The van der Waals surface area contributed by atoms with Gasteiger partial charge in [-0.05, 0) is 45.0 Å². The highest BCUT2D eigenvalue weighted by atomic mass is 19.1. The molecule has 0 aliphatic heterocycles. The molecule has 0 amide bonds. The van der Waals surface area contributed by atoms with E-state index in [1.54, 1.807) is 20.8 Å². The molecule has 0 fully saturated rings. The molecule has 0 aliphatic carbocycles. The zero-order valence-electron chi connectivity index (χ0n) is 18.0. The van der Waals surface area contributed by atoms with Crippen LogP contribution in [0.5, 0.6) is 5.88 Å². The first-order valence-electron chi connectivity index (χ1n) is 8.96. The Morgan fingerprint density at radius 3 is 2.13 bits per heavy atom. The second-order valence-corrected chi connectivity index (χ2v) is 6.05. The zero-order chi connectivity index (χ0) is 23.0. The Morgan fingerprint density at radius 2 is 1.55 bits per heavy atom. The third-order valence-electron chi connectivity index (χ3n) is 3.88. The van der Waals surface area contributed by atoms with Crippen LogP contribution in [-0.4, -0.2) is 54.4 Å². The van der Waals surface area contributed by atoms with E-state index in [0.29, 0.717) is 28.5 Å². The molecule has 31 heavy (non-hydrogen) atoms. The molecule has 2 aromatic rings. The summed E-state index contributed by atoms with van der Waals surface area (Å²) in [4.78, 5) is 35.8. The Balaban J connectivity index is 2.50. The third-order valence-corrected chi connectivity index (χ3v) is 3.88. The minimum absolute atomic E-state index is 0.0403. The van der Waals surface area contributed by atoms with Gasteiger partial charge in [0, 0.05) is 5.56 Å². The Kier molecular flexibility index (Phi) is 8.12. The van der Waals surface area contributed by atoms with E-state index in [4.69, 9.17) is 19.2 Å². The summed E-state index contributed by atoms with van der Waals surface area (Å²) in [6, 6.07) is 5.62. The molecule has 164 valence electrons. The number of oxime groups is 3. The molecule has 2 rings (SSSR count). The van der Waals surface area contributed by atoms with Gasteiger partial charge in [0.1, 0.15) is 37.3 Å². The fraction of sp³-hybridized carbons (Fsp3) is 0.300. The molecule has 10 nitrogen and oxygen atoms in total. The number of esters is 1. The predicted octanol–water partition coefficient (Wildman–Crippen LogP) is 2.56. The van der Waals surface area contributed by atoms with E-state index in [2.05, 4.69) is 25.4 Å². The van der Waals surface area contributed by atoms with Crippen molar-refractivity contribution in [3.05, 3.63) is 52.7 Å². The van der Waals surface area contributed by atoms with Gasteiger partial charge in [-0.15, -0.1) is 0 Å². The van der Waals surface area contributed by atoms with E-state index < -0.39 is 11.8 Å². The number of benzene rings is 1. The molecule has 11 heteroatoms. The summed E-state index contributed by atoms with van der Waals surface area (Å²) in [5, 5.41) is 11.7. The monoisotopic (exact) mass is 431 g/mol. The highest BCUT2D eigenvalue weighted by molar-refractivity contribution is 6.47. The lowest BCUT2D eigenvalue weighted by Crippen LogP contribution is -2.21. The molecule has 0 atom stereocenters. The average Bonchev–Trinajstić information content (AvgIpc) is 2.74. The number of carbonyl (C=O) groups is 1. The van der Waals surface area contributed by atoms with Crippen molar-refractivity contribution >= 4 is 23.1 Å². The van der Waals surface area contributed by atoms with Crippen LogP contribution in [0.2, 0.25) is 0 Å². The van der Waals surface area contributed by atoms with Gasteiger partial charge in [-0.1, -0.05) is 15.5 Å². The maximum Gasteiger partial charge on any atom is 0.361 e. The summed E-state index contributed by atoms with van der Waals surface area (Å²) in [6.07, 6.45) is 0. The van der Waals surface area contributed by atoms with Crippen LogP contribution in [0.3, 0.4) is 0 Å². The number of hydrogen-bond donors (Lipinski definition) is 0. The average molecular weight is 431 g/mol. The molecular weight excluding hydrogens is 409 g/mol. The largest absolute Gasteiger partial charge is 0.464 e. The number of methoxy groups -OCH3 is 1. The molecule has 0 bridgehead atoms. The highest BCUT2D eigenvalue weighted by Crippen LogP contribution is 2.21. The smallest absolute Gasteiger partial charge is 0.361 e. The lowest BCUT2D eigenvalue weighted by Gasteiger charge is -2.11. The van der Waals surface area contributed by atoms with Gasteiger partial charge in [0.05, 0.1) is 18.4 Å². The first-order chi connectivity index (χ1) is 14.8. The first kappa shape index (κ1) is 23.4. The van der Waals surface area contributed by atoms with Crippen molar-refractivity contribution in [1.82, 2.24) is 9.97 Å². The van der Waals surface area contributed by atoms with Gasteiger partial charge in [-0.25, -0.2) is 14.2 Å². The topological polar surface area (TPSA) is 117 Å². The van der Waals surface area contributed by atoms with Gasteiger partial charge in [0.15, 0.2) is 0 Å². The number of nitrogens with zero attached hydrogens (tertiary/aromatic N) is 5. The van der Waals surface area contributed by atoms with E-state index in [9.17, 15) is 9.18 Å². The van der Waals surface area contributed by atoms with Crippen molar-refractivity contribution in [1.29, 1.82) is 0 Å². The number of ether oxygens (including phenoxy) is 1. The first-order valence-corrected chi connectivity index (χ1v) is 8.96. The summed E-state index contributed by atoms with van der Waals surface area (Å²) in [5.74, 6) is -0.817. The van der Waals surface area contributed by atoms with Crippen LogP contribution in [0.1, 0.15) is 29.6 Å². The van der Waals surface area contributed by atoms with Crippen LogP contribution >= 0.6 is 0 Å². The molecule has 0 N–H and O–H groups in total. The molecule has 1 aromatic carbocycles. The summed E-state index contributed by atoms with van der Waals surface area (Å²) in [6.45, 7) is 4.92. The van der Waals surface area contributed by atoms with Crippen molar-refractivity contribution in [2.24, 2.45) is 15.5 Å². The second kappa shape index (κ2) is 10.8. The molecule has 0 spiro atoms. The molecule has 1 heterocycles. The maximum atomic E-state index is 13.3. The van der Waals surface area contributed by atoms with Crippen LogP contribution in [0.4, 0.5) is 4.39 Å². The second-order valence-electron chi connectivity index (χ2n) is 6.05. The molecule has 0 aliphatic rings. The molecular formula is C20H22FN5O5. The van der Waals surface area contributed by atoms with Crippen LogP contribution in [0.15, 0.2) is 39.7 Å². The van der Waals surface area contributed by atoms with Crippen LogP contribution in [0, 0.1) is 19.7 Å². The van der Waals surface area contributed by atoms with Crippen LogP contribution in [-0.2, 0) is 19.2 Å². The van der Waals surface area contributed by atoms with Gasteiger partial charge in [0.25, 0.3) is 5.88 Å². The Labute approximate surface area is 178 Å². The third kappa shape index (κ3) is 5.81. The van der Waals surface area contributed by atoms with Crippen molar-refractivity contribution in [2.75, 3.05) is 21.3 Å². The van der Waals surface area contributed by atoms with Gasteiger partial charge < -0.3 is 19.2 Å².